The number of aliphatic imine (C=N–C) groups is 1. The van der Waals surface area contributed by atoms with Crippen molar-refractivity contribution in [3.63, 3.8) is 0 Å². The first kappa shape index (κ1) is 27.1. The Morgan fingerprint density at radius 1 is 0.865 bits per heavy atom. The molecule has 3 aromatic rings. The lowest BCUT2D eigenvalue weighted by atomic mass is 10.1. The van der Waals surface area contributed by atoms with E-state index < -0.39 is 0 Å². The number of hydrogen-bond donors (Lipinski definition) is 7. The zero-order valence-corrected chi connectivity index (χ0v) is 21.5. The molecular weight excluding hydrogens is 468 g/mol. The summed E-state index contributed by atoms with van der Waals surface area (Å²) in [6.45, 7) is 7.86. The molecule has 0 unspecified atom stereocenters. The van der Waals surface area contributed by atoms with Gasteiger partial charge in [-0.1, -0.05) is 48.5 Å². The van der Waals surface area contributed by atoms with Crippen molar-refractivity contribution >= 4 is 29.8 Å². The SMILES string of the molecule is CCN(CC)c1nc(NCc2cccc(CN=C(N)N)c2)nc(NCc2cccc(C[NH+]=C(N)[NH3+])c2)n1. The fourth-order valence-corrected chi connectivity index (χ4v) is 3.62. The van der Waals surface area contributed by atoms with Crippen molar-refractivity contribution in [2.24, 2.45) is 22.2 Å². The molecule has 0 bridgehead atoms. The average Bonchev–Trinajstić information content (AvgIpc) is 2.89. The Bertz CT molecular complexity index is 1130. The van der Waals surface area contributed by atoms with E-state index in [1.54, 1.807) is 0 Å². The molecule has 12 heteroatoms. The zero-order valence-electron chi connectivity index (χ0n) is 21.5. The minimum absolute atomic E-state index is 0.0718. The largest absolute Gasteiger partial charge is 0.434 e. The van der Waals surface area contributed by atoms with Gasteiger partial charge < -0.3 is 27.0 Å². The maximum atomic E-state index is 5.62. The summed E-state index contributed by atoms with van der Waals surface area (Å²) in [5.41, 5.74) is 24.5. The highest BCUT2D eigenvalue weighted by atomic mass is 15.3. The highest BCUT2D eigenvalue weighted by Gasteiger charge is 2.12. The number of hydrogen-bond acceptors (Lipinski definition) is 7. The molecule has 1 heterocycles. The van der Waals surface area contributed by atoms with E-state index in [1.165, 1.54) is 0 Å². The lowest BCUT2D eigenvalue weighted by Crippen LogP contribution is -2.87. The average molecular weight is 507 g/mol. The van der Waals surface area contributed by atoms with Gasteiger partial charge >= 0.3 is 5.96 Å². The Labute approximate surface area is 217 Å². The van der Waals surface area contributed by atoms with Gasteiger partial charge in [-0.05, 0) is 36.1 Å². The molecule has 0 aliphatic carbocycles. The number of anilines is 3. The van der Waals surface area contributed by atoms with Crippen molar-refractivity contribution in [2.45, 2.75) is 40.0 Å². The smallest absolute Gasteiger partial charge is 0.370 e. The zero-order chi connectivity index (χ0) is 26.6. The number of guanidine groups is 2. The molecule has 0 radical (unpaired) electrons. The van der Waals surface area contributed by atoms with Gasteiger partial charge in [0.05, 0.1) is 6.54 Å². The number of quaternary nitrogens is 1. The van der Waals surface area contributed by atoms with Crippen molar-refractivity contribution < 1.29 is 10.7 Å². The molecule has 0 spiro atoms. The molecule has 0 saturated carbocycles. The highest BCUT2D eigenvalue weighted by molar-refractivity contribution is 5.75. The molecule has 0 aliphatic heterocycles. The van der Waals surface area contributed by atoms with E-state index in [4.69, 9.17) is 17.2 Å². The van der Waals surface area contributed by atoms with Crippen LogP contribution in [0.3, 0.4) is 0 Å². The fourth-order valence-electron chi connectivity index (χ4n) is 3.62. The van der Waals surface area contributed by atoms with Crippen LogP contribution in [-0.2, 0) is 26.2 Å². The van der Waals surface area contributed by atoms with Crippen LogP contribution >= 0.6 is 0 Å². The number of nitrogens with two attached hydrogens (primary N) is 3. The Morgan fingerprint density at radius 2 is 1.41 bits per heavy atom. The van der Waals surface area contributed by atoms with Crippen LogP contribution < -0.4 is 43.5 Å². The van der Waals surface area contributed by atoms with Gasteiger partial charge in [-0.15, -0.1) is 0 Å². The van der Waals surface area contributed by atoms with Crippen molar-refractivity contribution in [1.82, 2.24) is 15.0 Å². The normalized spacial score (nSPS) is 11.2. The summed E-state index contributed by atoms with van der Waals surface area (Å²) < 4.78 is 0. The molecule has 12 nitrogen and oxygen atoms in total. The second kappa shape index (κ2) is 13.6. The molecule has 2 aromatic carbocycles. The van der Waals surface area contributed by atoms with Gasteiger partial charge in [0.2, 0.25) is 17.8 Å². The molecule has 0 fully saturated rings. The van der Waals surface area contributed by atoms with Crippen LogP contribution in [0.5, 0.6) is 0 Å². The summed E-state index contributed by atoms with van der Waals surface area (Å²) in [6, 6.07) is 16.2. The van der Waals surface area contributed by atoms with Crippen molar-refractivity contribution in [2.75, 3.05) is 28.6 Å². The Kier molecular flexibility index (Phi) is 9.97. The van der Waals surface area contributed by atoms with Crippen LogP contribution in [0.1, 0.15) is 36.1 Å². The van der Waals surface area contributed by atoms with Crippen LogP contribution in [0.2, 0.25) is 0 Å². The van der Waals surface area contributed by atoms with Crippen LogP contribution in [0.4, 0.5) is 17.8 Å². The number of nitrogens with zero attached hydrogens (tertiary/aromatic N) is 5. The predicted molar refractivity (Wildman–Crippen MR) is 147 cm³/mol. The van der Waals surface area contributed by atoms with Gasteiger partial charge in [-0.2, -0.15) is 15.0 Å². The summed E-state index contributed by atoms with van der Waals surface area (Å²) >= 11 is 0. The monoisotopic (exact) mass is 506 g/mol. The third kappa shape index (κ3) is 8.93. The first-order valence-electron chi connectivity index (χ1n) is 12.2. The molecule has 0 atom stereocenters. The first-order valence-corrected chi connectivity index (χ1v) is 12.2. The third-order valence-corrected chi connectivity index (χ3v) is 5.52. The molecule has 0 saturated heterocycles. The number of rotatable bonds is 13. The van der Waals surface area contributed by atoms with Crippen LogP contribution in [-0.4, -0.2) is 40.0 Å². The van der Waals surface area contributed by atoms with Crippen LogP contribution in [0, 0.1) is 0 Å². The predicted octanol–water partition coefficient (Wildman–Crippen LogP) is -1.15. The van der Waals surface area contributed by atoms with Crippen molar-refractivity contribution in [1.29, 1.82) is 0 Å². The highest BCUT2D eigenvalue weighted by Crippen LogP contribution is 2.16. The van der Waals surface area contributed by atoms with E-state index in [0.29, 0.717) is 50.0 Å². The van der Waals surface area contributed by atoms with E-state index in [0.717, 1.165) is 35.3 Å². The molecule has 0 amide bonds. The molecule has 37 heavy (non-hydrogen) atoms. The topological polar surface area (TPSA) is 198 Å². The van der Waals surface area contributed by atoms with Gasteiger partial charge in [0.15, 0.2) is 5.96 Å². The van der Waals surface area contributed by atoms with Crippen molar-refractivity contribution in [3.05, 3.63) is 70.8 Å². The number of benzene rings is 2. The van der Waals surface area contributed by atoms with Crippen molar-refractivity contribution in [3.8, 4) is 0 Å². The first-order chi connectivity index (χ1) is 17.9. The summed E-state index contributed by atoms with van der Waals surface area (Å²) in [7, 11) is 0. The lowest BCUT2D eigenvalue weighted by molar-refractivity contribution is -0.519. The van der Waals surface area contributed by atoms with Gasteiger partial charge in [0.25, 0.3) is 0 Å². The van der Waals surface area contributed by atoms with Gasteiger partial charge in [-0.3, -0.25) is 5.73 Å². The summed E-state index contributed by atoms with van der Waals surface area (Å²) in [5.74, 6) is 2.12. The maximum Gasteiger partial charge on any atom is 0.434 e. The molecule has 3 rings (SSSR count). The molecule has 196 valence electrons. The quantitative estimate of drug-likeness (QED) is 0.110. The Balaban J connectivity index is 1.75. The van der Waals surface area contributed by atoms with Gasteiger partial charge in [0, 0.05) is 26.2 Å². The molecular formula is C25H38N12+2. The van der Waals surface area contributed by atoms with E-state index in [1.807, 2.05) is 36.4 Å². The summed E-state index contributed by atoms with van der Waals surface area (Å²) in [6.07, 6.45) is 0. The van der Waals surface area contributed by atoms with E-state index >= 15 is 0 Å². The van der Waals surface area contributed by atoms with Gasteiger partial charge in [-0.25, -0.2) is 15.7 Å². The summed E-state index contributed by atoms with van der Waals surface area (Å²) in [5, 5.41) is 6.67. The van der Waals surface area contributed by atoms with E-state index in [9.17, 15) is 0 Å². The van der Waals surface area contributed by atoms with Crippen LogP contribution in [0.25, 0.3) is 0 Å². The molecule has 1 aromatic heterocycles. The Morgan fingerprint density at radius 3 is 1.95 bits per heavy atom. The minimum atomic E-state index is 0.0718. The van der Waals surface area contributed by atoms with E-state index in [-0.39, 0.29) is 5.96 Å². The van der Waals surface area contributed by atoms with Crippen LogP contribution in [0.15, 0.2) is 53.5 Å². The van der Waals surface area contributed by atoms with E-state index in [2.05, 4.69) is 72.2 Å². The second-order valence-electron chi connectivity index (χ2n) is 8.42. The second-order valence-corrected chi connectivity index (χ2v) is 8.42. The number of aromatic nitrogens is 3. The minimum Gasteiger partial charge on any atom is -0.370 e. The standard InChI is InChI=1S/C25H36N12/c1-3-37(4-2)25-35-23(32-15-19-9-5-7-17(11-19)13-30-21(26)27)34-24(36-25)33-16-20-10-6-8-18(12-20)14-31-22(28)29/h5-12H,3-4,13-16H2,1-2H3,(H4,26,27,30)(H4,28,29,31)(H2,32,33,34,35,36)/p+2. The number of nitrogens with one attached hydrogen (secondary N) is 3. The van der Waals surface area contributed by atoms with Gasteiger partial charge in [0.1, 0.15) is 6.54 Å². The third-order valence-electron chi connectivity index (χ3n) is 5.52. The maximum absolute atomic E-state index is 5.62. The molecule has 0 aliphatic rings. The lowest BCUT2D eigenvalue weighted by Gasteiger charge is -2.20. The summed E-state index contributed by atoms with van der Waals surface area (Å²) in [4.78, 5) is 23.1. The molecule has 12 N–H and O–H groups in total. The Hall–Kier alpha value is -4.45. The fraction of sp³-hybridized carbons (Fsp3) is 0.320.